The zero-order valence-electron chi connectivity index (χ0n) is 14.6. The van der Waals surface area contributed by atoms with Crippen LogP contribution in [0.2, 0.25) is 5.02 Å². The molecule has 0 fully saturated rings. The molecule has 0 saturated heterocycles. The Hall–Kier alpha value is -2.38. The highest BCUT2D eigenvalue weighted by atomic mass is 35.5. The van der Waals surface area contributed by atoms with Crippen molar-refractivity contribution in [3.05, 3.63) is 58.1 Å². The number of nitrogens with one attached hydrogen (secondary N) is 1. The number of carbonyl (C=O) groups is 1. The first-order valence-electron chi connectivity index (χ1n) is 7.77. The Labute approximate surface area is 155 Å². The zero-order chi connectivity index (χ0) is 19.4. The van der Waals surface area contributed by atoms with Gasteiger partial charge in [-0.2, -0.15) is 0 Å². The minimum atomic E-state index is -0.699. The lowest BCUT2D eigenvalue weighted by Gasteiger charge is -2.26. The molecule has 2 aromatic carbocycles. The van der Waals surface area contributed by atoms with Gasteiger partial charge >= 0.3 is 0 Å². The van der Waals surface area contributed by atoms with Gasteiger partial charge in [0.15, 0.2) is 0 Å². The number of methoxy groups -OCH3 is 1. The Morgan fingerprint density at radius 1 is 1.31 bits per heavy atom. The Balaban J connectivity index is 2.25. The number of amides is 1. The lowest BCUT2D eigenvalue weighted by Crippen LogP contribution is -2.35. The molecule has 0 aliphatic heterocycles. The fourth-order valence-corrected chi connectivity index (χ4v) is 2.74. The summed E-state index contributed by atoms with van der Waals surface area (Å²) in [4.78, 5) is 14.1. The Morgan fingerprint density at radius 2 is 1.92 bits per heavy atom. The second-order valence-corrected chi connectivity index (χ2v) is 6.31. The zero-order valence-corrected chi connectivity index (χ0v) is 15.4. The molecule has 0 aromatic heterocycles. The number of anilines is 1. The summed E-state index contributed by atoms with van der Waals surface area (Å²) in [5.74, 6) is -1.59. The molecule has 1 unspecified atom stereocenters. The third-order valence-electron chi connectivity index (χ3n) is 3.98. The second kappa shape index (κ2) is 8.33. The maximum atomic E-state index is 14.1. The predicted octanol–water partition coefficient (Wildman–Crippen LogP) is 3.24. The number of nitrogens with two attached hydrogens (primary N) is 1. The van der Waals surface area contributed by atoms with Crippen molar-refractivity contribution in [2.45, 2.75) is 6.04 Å². The second-order valence-electron chi connectivity index (χ2n) is 5.90. The first kappa shape index (κ1) is 19.9. The number of halogens is 3. The van der Waals surface area contributed by atoms with E-state index < -0.39 is 23.6 Å². The lowest BCUT2D eigenvalue weighted by atomic mass is 10.0. The molecule has 0 spiro atoms. The smallest absolute Gasteiger partial charge is 0.255 e. The normalized spacial score (nSPS) is 12.1. The van der Waals surface area contributed by atoms with E-state index in [2.05, 4.69) is 5.32 Å². The van der Waals surface area contributed by atoms with E-state index in [1.165, 1.54) is 37.4 Å². The first-order chi connectivity index (χ1) is 12.3. The average Bonchev–Trinajstić information content (AvgIpc) is 2.58. The molecule has 0 bridgehead atoms. The summed E-state index contributed by atoms with van der Waals surface area (Å²) in [5.41, 5.74) is 6.05. The van der Waals surface area contributed by atoms with Crippen molar-refractivity contribution in [2.24, 2.45) is 0 Å². The molecule has 0 radical (unpaired) electrons. The largest absolute Gasteiger partial charge is 0.496 e. The van der Waals surface area contributed by atoms with Gasteiger partial charge in [-0.25, -0.2) is 8.78 Å². The van der Waals surface area contributed by atoms with Crippen LogP contribution in [0.15, 0.2) is 30.3 Å². The minimum absolute atomic E-state index is 0.0190. The molecule has 140 valence electrons. The quantitative estimate of drug-likeness (QED) is 0.751. The number of nitrogen functional groups attached to an aromatic ring is 1. The van der Waals surface area contributed by atoms with Gasteiger partial charge in [0.2, 0.25) is 0 Å². The van der Waals surface area contributed by atoms with Gasteiger partial charge in [0.1, 0.15) is 17.4 Å². The summed E-state index contributed by atoms with van der Waals surface area (Å²) >= 11 is 5.97. The molecule has 2 aromatic rings. The summed E-state index contributed by atoms with van der Waals surface area (Å²) < 4.78 is 33.3. The highest BCUT2D eigenvalue weighted by Gasteiger charge is 2.24. The van der Waals surface area contributed by atoms with E-state index in [1.54, 1.807) is 19.0 Å². The van der Waals surface area contributed by atoms with Crippen molar-refractivity contribution in [1.29, 1.82) is 0 Å². The van der Waals surface area contributed by atoms with E-state index in [0.29, 0.717) is 0 Å². The van der Waals surface area contributed by atoms with E-state index in [9.17, 15) is 13.6 Å². The summed E-state index contributed by atoms with van der Waals surface area (Å²) in [6, 6.07) is 5.78. The van der Waals surface area contributed by atoms with E-state index in [-0.39, 0.29) is 34.1 Å². The van der Waals surface area contributed by atoms with Crippen LogP contribution in [-0.4, -0.2) is 38.6 Å². The SMILES string of the molecule is COc1cc(N)c(Cl)cc1C(=O)NCC(c1c(F)cccc1F)N(C)C. The Kier molecular flexibility index (Phi) is 6.39. The molecular weight excluding hydrogens is 364 g/mol. The van der Waals surface area contributed by atoms with Crippen molar-refractivity contribution in [3.63, 3.8) is 0 Å². The number of nitrogens with zero attached hydrogens (tertiary/aromatic N) is 1. The van der Waals surface area contributed by atoms with Crippen LogP contribution in [0.3, 0.4) is 0 Å². The van der Waals surface area contributed by atoms with Crippen LogP contribution in [0.4, 0.5) is 14.5 Å². The van der Waals surface area contributed by atoms with Crippen molar-refractivity contribution in [2.75, 3.05) is 33.5 Å². The lowest BCUT2D eigenvalue weighted by molar-refractivity contribution is 0.0937. The maximum absolute atomic E-state index is 14.1. The third kappa shape index (κ3) is 4.23. The van der Waals surface area contributed by atoms with Crippen LogP contribution in [0.5, 0.6) is 5.75 Å². The summed E-state index contributed by atoms with van der Waals surface area (Å²) in [7, 11) is 4.74. The summed E-state index contributed by atoms with van der Waals surface area (Å²) in [5, 5.41) is 2.87. The van der Waals surface area contributed by atoms with Crippen molar-refractivity contribution in [1.82, 2.24) is 10.2 Å². The number of likely N-dealkylation sites (N-methyl/N-ethyl adjacent to an activating group) is 1. The fraction of sp³-hybridized carbons (Fsp3) is 0.278. The molecule has 1 atom stereocenters. The standard InChI is InChI=1S/C18H20ClF2N3O2/c1-24(2)15(17-12(20)5-4-6-13(17)21)9-23-18(25)10-7-11(19)14(22)8-16(10)26-3/h4-8,15H,9,22H2,1-3H3,(H,23,25). The molecule has 1 amide bonds. The first-order valence-corrected chi connectivity index (χ1v) is 8.15. The molecule has 0 aliphatic carbocycles. The van der Waals surface area contributed by atoms with Crippen LogP contribution >= 0.6 is 11.6 Å². The Bertz CT molecular complexity index is 795. The maximum Gasteiger partial charge on any atom is 0.255 e. The average molecular weight is 384 g/mol. The Morgan fingerprint density at radius 3 is 2.46 bits per heavy atom. The van der Waals surface area contributed by atoms with Crippen LogP contribution < -0.4 is 15.8 Å². The van der Waals surface area contributed by atoms with E-state index >= 15 is 0 Å². The van der Waals surface area contributed by atoms with E-state index in [4.69, 9.17) is 22.1 Å². The molecule has 26 heavy (non-hydrogen) atoms. The van der Waals surface area contributed by atoms with Crippen LogP contribution in [-0.2, 0) is 0 Å². The molecule has 8 heteroatoms. The van der Waals surface area contributed by atoms with Gasteiger partial charge < -0.3 is 20.7 Å². The van der Waals surface area contributed by atoms with Gasteiger partial charge in [0, 0.05) is 18.2 Å². The number of ether oxygens (including phenoxy) is 1. The molecule has 0 saturated carbocycles. The van der Waals surface area contributed by atoms with Crippen LogP contribution in [0, 0.1) is 11.6 Å². The minimum Gasteiger partial charge on any atom is -0.496 e. The number of rotatable bonds is 6. The van der Waals surface area contributed by atoms with E-state index in [1.807, 2.05) is 0 Å². The monoisotopic (exact) mass is 383 g/mol. The molecular formula is C18H20ClF2N3O2. The highest BCUT2D eigenvalue weighted by molar-refractivity contribution is 6.33. The third-order valence-corrected chi connectivity index (χ3v) is 4.30. The number of benzene rings is 2. The van der Waals surface area contributed by atoms with Gasteiger partial charge in [-0.15, -0.1) is 0 Å². The van der Waals surface area contributed by atoms with Gasteiger partial charge in [-0.1, -0.05) is 17.7 Å². The van der Waals surface area contributed by atoms with Gasteiger partial charge in [0.25, 0.3) is 5.91 Å². The molecule has 3 N–H and O–H groups in total. The van der Waals surface area contributed by atoms with Crippen molar-refractivity contribution < 1.29 is 18.3 Å². The summed E-state index contributed by atoms with van der Waals surface area (Å²) in [6.07, 6.45) is 0. The fourth-order valence-electron chi connectivity index (χ4n) is 2.57. The molecule has 5 nitrogen and oxygen atoms in total. The van der Waals surface area contributed by atoms with Crippen LogP contribution in [0.1, 0.15) is 22.0 Å². The van der Waals surface area contributed by atoms with Gasteiger partial charge in [-0.05, 0) is 32.3 Å². The van der Waals surface area contributed by atoms with Crippen molar-refractivity contribution >= 4 is 23.2 Å². The van der Waals surface area contributed by atoms with Crippen LogP contribution in [0.25, 0.3) is 0 Å². The molecule has 0 aliphatic rings. The van der Waals surface area contributed by atoms with Gasteiger partial charge in [0.05, 0.1) is 29.4 Å². The summed E-state index contributed by atoms with van der Waals surface area (Å²) in [6.45, 7) is -0.0190. The predicted molar refractivity (Wildman–Crippen MR) is 97.5 cm³/mol. The highest BCUT2D eigenvalue weighted by Crippen LogP contribution is 2.29. The number of hydrogen-bond donors (Lipinski definition) is 2. The van der Waals surface area contributed by atoms with Gasteiger partial charge in [-0.3, -0.25) is 4.79 Å². The van der Waals surface area contributed by atoms with Crippen molar-refractivity contribution in [3.8, 4) is 5.75 Å². The number of hydrogen-bond acceptors (Lipinski definition) is 4. The molecule has 2 rings (SSSR count). The number of carbonyl (C=O) groups excluding carboxylic acids is 1. The molecule has 0 heterocycles. The van der Waals surface area contributed by atoms with E-state index in [0.717, 1.165) is 0 Å². The topological polar surface area (TPSA) is 67.6 Å².